The van der Waals surface area contributed by atoms with E-state index in [1.54, 1.807) is 0 Å². The first kappa shape index (κ1) is 9.55. The van der Waals surface area contributed by atoms with E-state index in [1.165, 1.54) is 18.5 Å². The van der Waals surface area contributed by atoms with Crippen LogP contribution >= 0.6 is 11.6 Å². The van der Waals surface area contributed by atoms with Gasteiger partial charge in [-0.15, -0.1) is 0 Å². The van der Waals surface area contributed by atoms with Crippen LogP contribution in [0.4, 0.5) is 0 Å². The molecule has 1 N–H and O–H groups in total. The van der Waals surface area contributed by atoms with Crippen LogP contribution in [-0.4, -0.2) is 23.1 Å². The molecule has 2 heterocycles. The van der Waals surface area contributed by atoms with E-state index in [0.29, 0.717) is 11.1 Å². The average molecular weight is 224 g/mol. The van der Waals surface area contributed by atoms with Crippen molar-refractivity contribution in [1.29, 1.82) is 0 Å². The number of nitrogens with zero attached hydrogens (tertiary/aromatic N) is 2. The lowest BCUT2D eigenvalue weighted by molar-refractivity contribution is 0.707. The van der Waals surface area contributed by atoms with E-state index in [0.717, 1.165) is 37.3 Å². The van der Waals surface area contributed by atoms with E-state index in [-0.39, 0.29) is 0 Å². The highest BCUT2D eigenvalue weighted by Gasteiger charge is 2.28. The number of hydrogen-bond donors (Lipinski definition) is 1. The highest BCUT2D eigenvalue weighted by molar-refractivity contribution is 6.30. The second kappa shape index (κ2) is 3.72. The normalized spacial score (nSPS) is 20.9. The van der Waals surface area contributed by atoms with Crippen LogP contribution in [0.3, 0.4) is 0 Å². The third-order valence-corrected chi connectivity index (χ3v) is 3.41. The fourth-order valence-electron chi connectivity index (χ4n) is 2.04. The van der Waals surface area contributed by atoms with Crippen LogP contribution in [0.25, 0.3) is 0 Å². The molecule has 0 spiro atoms. The Balaban J connectivity index is 2.03. The molecule has 4 heteroatoms. The predicted molar refractivity (Wildman–Crippen MR) is 59.3 cm³/mol. The molecule has 2 aliphatic rings. The summed E-state index contributed by atoms with van der Waals surface area (Å²) in [5.41, 5.74) is 2.33. The number of aromatic nitrogens is 2. The van der Waals surface area contributed by atoms with Crippen molar-refractivity contribution in [1.82, 2.24) is 15.3 Å². The van der Waals surface area contributed by atoms with Crippen molar-refractivity contribution in [3.05, 3.63) is 22.2 Å². The Bertz CT molecular complexity index is 388. The Kier molecular flexibility index (Phi) is 2.37. The van der Waals surface area contributed by atoms with Gasteiger partial charge in [0.25, 0.3) is 0 Å². The number of fused-ring (bicyclic) bond motifs is 1. The number of rotatable bonds is 1. The van der Waals surface area contributed by atoms with E-state index < -0.39 is 0 Å². The number of nitrogens with one attached hydrogen (secondary N) is 1. The minimum Gasteiger partial charge on any atom is -0.316 e. The molecule has 80 valence electrons. The van der Waals surface area contributed by atoms with Crippen LogP contribution in [0.15, 0.2) is 0 Å². The van der Waals surface area contributed by atoms with E-state index in [9.17, 15) is 0 Å². The molecule has 1 aromatic heterocycles. The summed E-state index contributed by atoms with van der Waals surface area (Å²) < 4.78 is 0. The van der Waals surface area contributed by atoms with Gasteiger partial charge in [-0.1, -0.05) is 11.6 Å². The van der Waals surface area contributed by atoms with Crippen molar-refractivity contribution in [2.75, 3.05) is 13.1 Å². The topological polar surface area (TPSA) is 37.8 Å². The number of halogens is 1. The Morgan fingerprint density at radius 2 is 1.93 bits per heavy atom. The van der Waals surface area contributed by atoms with Gasteiger partial charge in [-0.05, 0) is 25.8 Å². The van der Waals surface area contributed by atoms with Crippen LogP contribution in [0.1, 0.15) is 35.8 Å². The zero-order chi connectivity index (χ0) is 10.3. The van der Waals surface area contributed by atoms with Crippen LogP contribution in [0, 0.1) is 0 Å². The number of hydrogen-bond acceptors (Lipinski definition) is 3. The quantitative estimate of drug-likeness (QED) is 0.737. The fraction of sp³-hybridized carbons (Fsp3) is 0.636. The molecule has 1 saturated carbocycles. The lowest BCUT2D eigenvalue weighted by Crippen LogP contribution is -2.16. The third-order valence-electron chi connectivity index (χ3n) is 3.09. The maximum Gasteiger partial charge on any atom is 0.136 e. The highest BCUT2D eigenvalue weighted by Crippen LogP contribution is 2.39. The van der Waals surface area contributed by atoms with E-state index in [2.05, 4.69) is 15.3 Å². The molecule has 0 aromatic carbocycles. The summed E-state index contributed by atoms with van der Waals surface area (Å²) in [6.07, 6.45) is 4.40. The lowest BCUT2D eigenvalue weighted by atomic mass is 10.1. The summed E-state index contributed by atoms with van der Waals surface area (Å²) in [6, 6.07) is 0. The van der Waals surface area contributed by atoms with Gasteiger partial charge < -0.3 is 5.32 Å². The van der Waals surface area contributed by atoms with Crippen LogP contribution < -0.4 is 5.32 Å². The Morgan fingerprint density at radius 1 is 1.13 bits per heavy atom. The standard InChI is InChI=1S/C11H14ClN3/c12-10-8-3-5-13-6-4-9(8)14-11(15-10)7-1-2-7/h7,13H,1-6H2. The summed E-state index contributed by atoms with van der Waals surface area (Å²) >= 11 is 6.21. The molecule has 0 saturated heterocycles. The van der Waals surface area contributed by atoms with Gasteiger partial charge in [0, 0.05) is 24.4 Å². The smallest absolute Gasteiger partial charge is 0.136 e. The zero-order valence-electron chi connectivity index (χ0n) is 8.59. The summed E-state index contributed by atoms with van der Waals surface area (Å²) in [6.45, 7) is 1.99. The van der Waals surface area contributed by atoms with Gasteiger partial charge in [0.2, 0.25) is 0 Å². The van der Waals surface area contributed by atoms with Gasteiger partial charge in [0.05, 0.1) is 5.69 Å². The Morgan fingerprint density at radius 3 is 2.73 bits per heavy atom. The van der Waals surface area contributed by atoms with Gasteiger partial charge in [0.1, 0.15) is 11.0 Å². The summed E-state index contributed by atoms with van der Waals surface area (Å²) in [4.78, 5) is 9.08. The second-order valence-corrected chi connectivity index (χ2v) is 4.68. The summed E-state index contributed by atoms with van der Waals surface area (Å²) in [5, 5.41) is 4.05. The van der Waals surface area contributed by atoms with Gasteiger partial charge in [-0.25, -0.2) is 9.97 Å². The molecule has 1 fully saturated rings. The van der Waals surface area contributed by atoms with Crippen molar-refractivity contribution < 1.29 is 0 Å². The van der Waals surface area contributed by atoms with Crippen molar-refractivity contribution >= 4 is 11.6 Å². The molecule has 1 aromatic rings. The molecule has 15 heavy (non-hydrogen) atoms. The highest BCUT2D eigenvalue weighted by atomic mass is 35.5. The van der Waals surface area contributed by atoms with Gasteiger partial charge in [-0.3, -0.25) is 0 Å². The molecule has 0 atom stereocenters. The average Bonchev–Trinajstić information content (AvgIpc) is 3.04. The Hall–Kier alpha value is -0.670. The lowest BCUT2D eigenvalue weighted by Gasteiger charge is -2.08. The molecule has 0 radical (unpaired) electrons. The van der Waals surface area contributed by atoms with E-state index >= 15 is 0 Å². The molecule has 1 aliphatic carbocycles. The molecule has 0 amide bonds. The van der Waals surface area contributed by atoms with Crippen molar-refractivity contribution in [2.45, 2.75) is 31.6 Å². The maximum absolute atomic E-state index is 6.21. The van der Waals surface area contributed by atoms with Crippen LogP contribution in [0.2, 0.25) is 5.15 Å². The van der Waals surface area contributed by atoms with Gasteiger partial charge in [0.15, 0.2) is 0 Å². The Labute approximate surface area is 94.3 Å². The molecule has 1 aliphatic heterocycles. The maximum atomic E-state index is 6.21. The van der Waals surface area contributed by atoms with Crippen molar-refractivity contribution in [3.8, 4) is 0 Å². The summed E-state index contributed by atoms with van der Waals surface area (Å²) in [7, 11) is 0. The molecular formula is C11H14ClN3. The van der Waals surface area contributed by atoms with Crippen LogP contribution in [0.5, 0.6) is 0 Å². The first-order valence-electron chi connectivity index (χ1n) is 5.60. The first-order chi connectivity index (χ1) is 7.34. The summed E-state index contributed by atoms with van der Waals surface area (Å²) in [5.74, 6) is 1.56. The molecule has 0 bridgehead atoms. The third kappa shape index (κ3) is 1.86. The zero-order valence-corrected chi connectivity index (χ0v) is 9.35. The van der Waals surface area contributed by atoms with Crippen LogP contribution in [-0.2, 0) is 12.8 Å². The van der Waals surface area contributed by atoms with Gasteiger partial charge in [-0.2, -0.15) is 0 Å². The van der Waals surface area contributed by atoms with Crippen molar-refractivity contribution in [2.24, 2.45) is 0 Å². The monoisotopic (exact) mass is 223 g/mol. The van der Waals surface area contributed by atoms with E-state index in [4.69, 9.17) is 11.6 Å². The first-order valence-corrected chi connectivity index (χ1v) is 5.98. The minimum atomic E-state index is 0.587. The molecular weight excluding hydrogens is 210 g/mol. The minimum absolute atomic E-state index is 0.587. The fourth-order valence-corrected chi connectivity index (χ4v) is 2.33. The molecule has 3 rings (SSSR count). The molecule has 3 nitrogen and oxygen atoms in total. The van der Waals surface area contributed by atoms with Crippen molar-refractivity contribution in [3.63, 3.8) is 0 Å². The largest absolute Gasteiger partial charge is 0.316 e. The second-order valence-electron chi connectivity index (χ2n) is 4.32. The molecule has 0 unspecified atom stereocenters. The van der Waals surface area contributed by atoms with Gasteiger partial charge >= 0.3 is 0 Å². The predicted octanol–water partition coefficient (Wildman–Crippen LogP) is 1.70. The van der Waals surface area contributed by atoms with E-state index in [1.807, 2.05) is 0 Å². The SMILES string of the molecule is Clc1nc(C2CC2)nc2c1CCNCC2.